The van der Waals surface area contributed by atoms with Crippen molar-refractivity contribution in [3.63, 3.8) is 0 Å². The van der Waals surface area contributed by atoms with Crippen LogP contribution in [0.25, 0.3) is 10.9 Å². The van der Waals surface area contributed by atoms with Crippen LogP contribution >= 0.6 is 11.8 Å². The Kier molecular flexibility index (Phi) is 5.18. The molecule has 0 unspecified atom stereocenters. The van der Waals surface area contributed by atoms with Crippen LogP contribution in [0.5, 0.6) is 0 Å². The number of nitrogens with zero attached hydrogens (tertiary/aromatic N) is 2. The molecule has 0 aliphatic heterocycles. The first-order chi connectivity index (χ1) is 11.7. The SMILES string of the molecule is O=C(CSc1ccc2ccccc2n1)NN=Cc1cccc(F)c1. The third kappa shape index (κ3) is 4.39. The van der Waals surface area contributed by atoms with E-state index < -0.39 is 0 Å². The molecule has 0 bridgehead atoms. The van der Waals surface area contributed by atoms with Gasteiger partial charge in [-0.1, -0.05) is 48.2 Å². The Morgan fingerprint density at radius 1 is 1.17 bits per heavy atom. The van der Waals surface area contributed by atoms with E-state index in [-0.39, 0.29) is 17.5 Å². The summed E-state index contributed by atoms with van der Waals surface area (Å²) >= 11 is 1.34. The van der Waals surface area contributed by atoms with Crippen LogP contribution in [0.4, 0.5) is 4.39 Å². The third-order valence-electron chi connectivity index (χ3n) is 3.18. The number of benzene rings is 2. The molecule has 1 amide bonds. The Balaban J connectivity index is 1.53. The molecule has 0 saturated heterocycles. The largest absolute Gasteiger partial charge is 0.272 e. The van der Waals surface area contributed by atoms with Crippen LogP contribution in [-0.2, 0) is 4.79 Å². The lowest BCUT2D eigenvalue weighted by atomic mass is 10.2. The van der Waals surface area contributed by atoms with E-state index in [1.807, 2.05) is 36.4 Å². The molecule has 2 aromatic carbocycles. The molecule has 1 heterocycles. The van der Waals surface area contributed by atoms with Gasteiger partial charge in [0.05, 0.1) is 22.5 Å². The van der Waals surface area contributed by atoms with Gasteiger partial charge >= 0.3 is 0 Å². The molecule has 6 heteroatoms. The van der Waals surface area contributed by atoms with Crippen LogP contribution in [-0.4, -0.2) is 22.9 Å². The second-order valence-electron chi connectivity index (χ2n) is 4.98. The Morgan fingerprint density at radius 3 is 2.92 bits per heavy atom. The zero-order valence-electron chi connectivity index (χ0n) is 12.6. The minimum atomic E-state index is -0.344. The van der Waals surface area contributed by atoms with Crippen LogP contribution in [0.3, 0.4) is 0 Å². The predicted molar refractivity (Wildman–Crippen MR) is 94.6 cm³/mol. The van der Waals surface area contributed by atoms with Crippen molar-refractivity contribution in [2.45, 2.75) is 5.03 Å². The summed E-state index contributed by atoms with van der Waals surface area (Å²) in [5, 5.41) is 5.66. The van der Waals surface area contributed by atoms with Crippen LogP contribution in [0.1, 0.15) is 5.56 Å². The molecule has 0 saturated carbocycles. The standard InChI is InChI=1S/C18H14FN3OS/c19-15-6-3-4-13(10-15)11-20-22-17(23)12-24-18-9-8-14-5-1-2-7-16(14)21-18/h1-11H,12H2,(H,22,23). The van der Waals surface area contributed by atoms with Crippen molar-refractivity contribution in [3.05, 3.63) is 72.0 Å². The number of pyridine rings is 1. The molecular formula is C18H14FN3OS. The molecule has 3 rings (SSSR count). The highest BCUT2D eigenvalue weighted by Gasteiger charge is 2.03. The summed E-state index contributed by atoms with van der Waals surface area (Å²) in [6.45, 7) is 0. The minimum absolute atomic E-state index is 0.200. The molecule has 0 radical (unpaired) electrons. The average Bonchev–Trinajstić information content (AvgIpc) is 2.60. The summed E-state index contributed by atoms with van der Waals surface area (Å²) in [4.78, 5) is 16.3. The van der Waals surface area contributed by atoms with Gasteiger partial charge in [0.25, 0.3) is 0 Å². The van der Waals surface area contributed by atoms with Gasteiger partial charge in [-0.3, -0.25) is 4.79 Å². The summed E-state index contributed by atoms with van der Waals surface area (Å²) in [5.41, 5.74) is 3.90. The zero-order chi connectivity index (χ0) is 16.8. The van der Waals surface area contributed by atoms with Gasteiger partial charge in [0.15, 0.2) is 0 Å². The normalized spacial score (nSPS) is 11.0. The lowest BCUT2D eigenvalue weighted by Crippen LogP contribution is -2.19. The monoisotopic (exact) mass is 339 g/mol. The number of halogens is 1. The molecule has 120 valence electrons. The van der Waals surface area contributed by atoms with Crippen molar-refractivity contribution in [3.8, 4) is 0 Å². The van der Waals surface area contributed by atoms with E-state index in [0.29, 0.717) is 5.56 Å². The Labute approximate surface area is 142 Å². The Morgan fingerprint density at radius 2 is 2.04 bits per heavy atom. The molecule has 0 atom stereocenters. The topological polar surface area (TPSA) is 54.4 Å². The Bertz CT molecular complexity index is 898. The van der Waals surface area contributed by atoms with Crippen molar-refractivity contribution >= 4 is 34.8 Å². The maximum absolute atomic E-state index is 13.0. The summed E-state index contributed by atoms with van der Waals surface area (Å²) in [5.74, 6) is -0.392. The first kappa shape index (κ1) is 16.1. The smallest absolute Gasteiger partial charge is 0.250 e. The van der Waals surface area contributed by atoms with Gasteiger partial charge in [0.2, 0.25) is 5.91 Å². The van der Waals surface area contributed by atoms with Crippen LogP contribution in [0, 0.1) is 5.82 Å². The highest BCUT2D eigenvalue weighted by Crippen LogP contribution is 2.19. The van der Waals surface area contributed by atoms with E-state index in [4.69, 9.17) is 0 Å². The summed E-state index contributed by atoms with van der Waals surface area (Å²) < 4.78 is 13.0. The fraction of sp³-hybridized carbons (Fsp3) is 0.0556. The molecule has 3 aromatic rings. The van der Waals surface area contributed by atoms with E-state index in [1.54, 1.807) is 12.1 Å². The minimum Gasteiger partial charge on any atom is -0.272 e. The molecule has 24 heavy (non-hydrogen) atoms. The molecule has 1 N–H and O–H groups in total. The van der Waals surface area contributed by atoms with E-state index >= 15 is 0 Å². The number of hydrazone groups is 1. The lowest BCUT2D eigenvalue weighted by Gasteiger charge is -2.02. The van der Waals surface area contributed by atoms with Crippen LogP contribution in [0.2, 0.25) is 0 Å². The molecular weight excluding hydrogens is 325 g/mol. The molecule has 0 spiro atoms. The quantitative estimate of drug-likeness (QED) is 0.439. The number of carbonyl (C=O) groups is 1. The first-order valence-corrected chi connectivity index (χ1v) is 8.25. The van der Waals surface area contributed by atoms with Gasteiger partial charge in [-0.05, 0) is 29.8 Å². The van der Waals surface area contributed by atoms with E-state index in [9.17, 15) is 9.18 Å². The number of fused-ring (bicyclic) bond motifs is 1. The summed E-state index contributed by atoms with van der Waals surface area (Å²) in [7, 11) is 0. The molecule has 0 aliphatic rings. The average molecular weight is 339 g/mol. The number of para-hydroxylation sites is 1. The van der Waals surface area contributed by atoms with Crippen molar-refractivity contribution in [1.82, 2.24) is 10.4 Å². The lowest BCUT2D eigenvalue weighted by molar-refractivity contribution is -0.118. The van der Waals surface area contributed by atoms with E-state index in [2.05, 4.69) is 15.5 Å². The van der Waals surface area contributed by atoms with E-state index in [1.165, 1.54) is 30.1 Å². The fourth-order valence-corrected chi connectivity index (χ4v) is 2.74. The maximum atomic E-state index is 13.0. The van der Waals surface area contributed by atoms with Gasteiger partial charge < -0.3 is 0 Å². The van der Waals surface area contributed by atoms with Gasteiger partial charge in [-0.2, -0.15) is 5.10 Å². The Hall–Kier alpha value is -2.73. The van der Waals surface area contributed by atoms with Crippen LogP contribution in [0.15, 0.2) is 70.8 Å². The van der Waals surface area contributed by atoms with Gasteiger partial charge in [0, 0.05) is 5.39 Å². The number of aromatic nitrogens is 1. The number of hydrogen-bond donors (Lipinski definition) is 1. The van der Waals surface area contributed by atoms with Gasteiger partial charge in [-0.25, -0.2) is 14.8 Å². The number of thioether (sulfide) groups is 1. The summed E-state index contributed by atoms with van der Waals surface area (Å²) in [6.07, 6.45) is 1.40. The van der Waals surface area contributed by atoms with Crippen molar-refractivity contribution in [2.24, 2.45) is 5.10 Å². The summed E-state index contributed by atoms with van der Waals surface area (Å²) in [6, 6.07) is 17.6. The highest BCUT2D eigenvalue weighted by molar-refractivity contribution is 7.99. The van der Waals surface area contributed by atoms with Crippen LogP contribution < -0.4 is 5.43 Å². The van der Waals surface area contributed by atoms with Crippen molar-refractivity contribution in [1.29, 1.82) is 0 Å². The number of amides is 1. The number of carbonyl (C=O) groups excluding carboxylic acids is 1. The van der Waals surface area contributed by atoms with Crippen molar-refractivity contribution < 1.29 is 9.18 Å². The molecule has 0 aliphatic carbocycles. The molecule has 0 fully saturated rings. The number of nitrogens with one attached hydrogen (secondary N) is 1. The number of hydrogen-bond acceptors (Lipinski definition) is 4. The molecule has 1 aromatic heterocycles. The zero-order valence-corrected chi connectivity index (χ0v) is 13.5. The van der Waals surface area contributed by atoms with E-state index in [0.717, 1.165) is 15.9 Å². The predicted octanol–water partition coefficient (Wildman–Crippen LogP) is 3.62. The highest BCUT2D eigenvalue weighted by atomic mass is 32.2. The van der Waals surface area contributed by atoms with Crippen molar-refractivity contribution in [2.75, 3.05) is 5.75 Å². The van der Waals surface area contributed by atoms with Gasteiger partial charge in [0.1, 0.15) is 5.82 Å². The number of rotatable bonds is 5. The third-order valence-corrected chi connectivity index (χ3v) is 4.11. The fourth-order valence-electron chi connectivity index (χ4n) is 2.07. The second-order valence-corrected chi connectivity index (χ2v) is 5.97. The maximum Gasteiger partial charge on any atom is 0.250 e. The second kappa shape index (κ2) is 7.70. The first-order valence-electron chi connectivity index (χ1n) is 7.27. The molecule has 4 nitrogen and oxygen atoms in total. The van der Waals surface area contributed by atoms with Gasteiger partial charge in [-0.15, -0.1) is 0 Å².